The van der Waals surface area contributed by atoms with E-state index < -0.39 is 0 Å². The van der Waals surface area contributed by atoms with Crippen LogP contribution in [0.25, 0.3) is 0 Å². The molecular weight excluding hydrogens is 241 g/mol. The topological polar surface area (TPSA) is 38.2 Å². The number of anilines is 1. The number of rotatable bonds is 1. The number of benzene rings is 1. The molecule has 0 spiro atoms. The van der Waals surface area contributed by atoms with E-state index in [0.717, 1.165) is 23.7 Å². The maximum Gasteiger partial charge on any atom is 0.163 e. The number of nitrogens with zero attached hydrogens (tertiary/aromatic N) is 3. The van der Waals surface area contributed by atoms with Crippen LogP contribution < -0.4 is 9.64 Å². The summed E-state index contributed by atoms with van der Waals surface area (Å²) in [6.07, 6.45) is 1.72. The largest absolute Gasteiger partial charge is 0.491 e. The second-order valence-electron chi connectivity index (χ2n) is 3.79. The van der Waals surface area contributed by atoms with Crippen molar-refractivity contribution in [2.75, 3.05) is 18.1 Å². The second-order valence-corrected chi connectivity index (χ2v) is 4.34. The monoisotopic (exact) mass is 251 g/mol. The molecule has 0 fully saturated rings. The van der Waals surface area contributed by atoms with Crippen LogP contribution in [-0.4, -0.2) is 21.9 Å². The number of halogens is 1. The molecule has 0 saturated carbocycles. The van der Waals surface area contributed by atoms with E-state index in [1.165, 1.54) is 23.9 Å². The fourth-order valence-corrected chi connectivity index (χ4v) is 2.29. The number of aromatic nitrogens is 2. The van der Waals surface area contributed by atoms with Crippen LogP contribution in [0.3, 0.4) is 0 Å². The van der Waals surface area contributed by atoms with Crippen LogP contribution in [0, 0.1) is 5.82 Å². The van der Waals surface area contributed by atoms with Crippen LogP contribution in [0.15, 0.2) is 24.4 Å². The minimum atomic E-state index is -0.245. The number of ether oxygens (including phenoxy) is 1. The number of fused-ring (bicyclic) bond motifs is 1. The Morgan fingerprint density at radius 2 is 2.35 bits per heavy atom. The van der Waals surface area contributed by atoms with Crippen molar-refractivity contribution in [1.29, 1.82) is 0 Å². The summed E-state index contributed by atoms with van der Waals surface area (Å²) in [6.45, 7) is 1.89. The van der Waals surface area contributed by atoms with Crippen LogP contribution in [0.2, 0.25) is 0 Å². The first kappa shape index (κ1) is 10.5. The van der Waals surface area contributed by atoms with Gasteiger partial charge < -0.3 is 9.64 Å². The smallest absolute Gasteiger partial charge is 0.163 e. The maximum atomic E-state index is 13.2. The van der Waals surface area contributed by atoms with E-state index in [2.05, 4.69) is 8.75 Å². The van der Waals surface area contributed by atoms with Gasteiger partial charge in [0, 0.05) is 12.1 Å². The molecule has 1 aromatic heterocycles. The summed E-state index contributed by atoms with van der Waals surface area (Å²) < 4.78 is 26.9. The fourth-order valence-electron chi connectivity index (χ4n) is 1.86. The van der Waals surface area contributed by atoms with Crippen LogP contribution in [-0.2, 0) is 6.54 Å². The lowest BCUT2D eigenvalue weighted by molar-refractivity contribution is 0.331. The molecule has 1 aliphatic rings. The quantitative estimate of drug-likeness (QED) is 0.777. The van der Waals surface area contributed by atoms with Gasteiger partial charge in [-0.3, -0.25) is 0 Å². The molecule has 1 aromatic carbocycles. The predicted molar refractivity (Wildman–Crippen MR) is 62.9 cm³/mol. The third-order valence-corrected chi connectivity index (χ3v) is 3.14. The summed E-state index contributed by atoms with van der Waals surface area (Å²) in [7, 11) is 0. The summed E-state index contributed by atoms with van der Waals surface area (Å²) in [5.74, 6) is 1.32. The first-order chi connectivity index (χ1) is 8.33. The highest BCUT2D eigenvalue weighted by Gasteiger charge is 2.17. The van der Waals surface area contributed by atoms with E-state index in [1.807, 2.05) is 4.90 Å². The van der Waals surface area contributed by atoms with E-state index in [4.69, 9.17) is 4.74 Å². The zero-order valence-electron chi connectivity index (χ0n) is 8.97. The lowest BCUT2D eigenvalue weighted by atomic mass is 10.2. The summed E-state index contributed by atoms with van der Waals surface area (Å²) in [6, 6.07) is 4.60. The van der Waals surface area contributed by atoms with Crippen molar-refractivity contribution in [1.82, 2.24) is 8.75 Å². The van der Waals surface area contributed by atoms with Crippen molar-refractivity contribution in [3.05, 3.63) is 35.8 Å². The molecule has 17 heavy (non-hydrogen) atoms. The number of hydrogen-bond acceptors (Lipinski definition) is 5. The molecule has 1 aliphatic heterocycles. The minimum absolute atomic E-state index is 0.245. The Morgan fingerprint density at radius 1 is 1.41 bits per heavy atom. The molecule has 6 heteroatoms. The van der Waals surface area contributed by atoms with Crippen molar-refractivity contribution in [2.45, 2.75) is 6.54 Å². The van der Waals surface area contributed by atoms with E-state index in [0.29, 0.717) is 13.2 Å². The summed E-state index contributed by atoms with van der Waals surface area (Å²) in [5, 5.41) is 0. The normalized spacial score (nSPS) is 15.0. The molecule has 2 aromatic rings. The van der Waals surface area contributed by atoms with Gasteiger partial charge >= 0.3 is 0 Å². The molecule has 0 N–H and O–H groups in total. The Bertz CT molecular complexity index is 517. The molecule has 0 bridgehead atoms. The molecule has 0 amide bonds. The highest BCUT2D eigenvalue weighted by atomic mass is 32.1. The van der Waals surface area contributed by atoms with Gasteiger partial charge in [0.25, 0.3) is 0 Å². The molecule has 0 unspecified atom stereocenters. The molecule has 88 valence electrons. The Labute approximate surface area is 102 Å². The molecule has 0 radical (unpaired) electrons. The van der Waals surface area contributed by atoms with E-state index >= 15 is 0 Å². The standard InChI is InChI=1S/C11H10FN3OS/c12-9-1-2-10-8(5-9)7-15(3-4-16-10)11-6-13-17-14-11/h1-2,5-6H,3-4,7H2. The SMILES string of the molecule is Fc1ccc2c(c1)CN(c1cnsn1)CCO2. The van der Waals surface area contributed by atoms with Gasteiger partial charge in [0.15, 0.2) is 5.82 Å². The average Bonchev–Trinajstić information content (AvgIpc) is 2.77. The maximum absolute atomic E-state index is 13.2. The molecule has 4 nitrogen and oxygen atoms in total. The third kappa shape index (κ3) is 2.08. The van der Waals surface area contributed by atoms with Gasteiger partial charge in [0.1, 0.15) is 18.2 Å². The van der Waals surface area contributed by atoms with Gasteiger partial charge in [-0.2, -0.15) is 8.75 Å². The summed E-state index contributed by atoms with van der Waals surface area (Å²) in [4.78, 5) is 2.04. The molecular formula is C11H10FN3OS. The first-order valence-electron chi connectivity index (χ1n) is 5.27. The number of hydrogen-bond donors (Lipinski definition) is 0. The zero-order chi connectivity index (χ0) is 11.7. The van der Waals surface area contributed by atoms with Crippen molar-refractivity contribution < 1.29 is 9.13 Å². The van der Waals surface area contributed by atoms with Gasteiger partial charge in [-0.1, -0.05) is 0 Å². The Morgan fingerprint density at radius 3 is 3.18 bits per heavy atom. The lowest BCUT2D eigenvalue weighted by Crippen LogP contribution is -2.25. The third-order valence-electron chi connectivity index (χ3n) is 2.68. The molecule has 0 atom stereocenters. The second kappa shape index (κ2) is 4.29. The highest BCUT2D eigenvalue weighted by molar-refractivity contribution is 6.99. The highest BCUT2D eigenvalue weighted by Crippen LogP contribution is 2.26. The molecule has 0 saturated heterocycles. The molecule has 3 rings (SSSR count). The van der Waals surface area contributed by atoms with Crippen LogP contribution in [0.4, 0.5) is 10.2 Å². The molecule has 2 heterocycles. The summed E-state index contributed by atoms with van der Waals surface area (Å²) in [5.41, 5.74) is 0.843. The van der Waals surface area contributed by atoms with Gasteiger partial charge in [0.2, 0.25) is 0 Å². The summed E-state index contributed by atoms with van der Waals surface area (Å²) >= 11 is 1.17. The first-order valence-corrected chi connectivity index (χ1v) is 6.00. The fraction of sp³-hybridized carbons (Fsp3) is 0.273. The van der Waals surface area contributed by atoms with Crippen molar-refractivity contribution in [3.63, 3.8) is 0 Å². The van der Waals surface area contributed by atoms with Crippen molar-refractivity contribution in [3.8, 4) is 5.75 Å². The van der Waals surface area contributed by atoms with Gasteiger partial charge in [-0.15, -0.1) is 0 Å². The average molecular weight is 251 g/mol. The lowest BCUT2D eigenvalue weighted by Gasteiger charge is -2.17. The van der Waals surface area contributed by atoms with E-state index in [9.17, 15) is 4.39 Å². The van der Waals surface area contributed by atoms with Gasteiger partial charge in [-0.05, 0) is 18.2 Å². The van der Waals surface area contributed by atoms with E-state index in [-0.39, 0.29) is 5.82 Å². The van der Waals surface area contributed by atoms with Crippen molar-refractivity contribution >= 4 is 17.5 Å². The molecule has 0 aliphatic carbocycles. The Balaban J connectivity index is 1.93. The van der Waals surface area contributed by atoms with Gasteiger partial charge in [0.05, 0.1) is 24.5 Å². The Kier molecular flexibility index (Phi) is 2.64. The van der Waals surface area contributed by atoms with Crippen LogP contribution in [0.5, 0.6) is 5.75 Å². The Hall–Kier alpha value is -1.69. The van der Waals surface area contributed by atoms with Gasteiger partial charge in [-0.25, -0.2) is 4.39 Å². The van der Waals surface area contributed by atoms with Crippen LogP contribution in [0.1, 0.15) is 5.56 Å². The predicted octanol–water partition coefficient (Wildman–Crippen LogP) is 2.08. The van der Waals surface area contributed by atoms with E-state index in [1.54, 1.807) is 12.3 Å². The van der Waals surface area contributed by atoms with Crippen LogP contribution >= 0.6 is 11.7 Å². The minimum Gasteiger partial charge on any atom is -0.491 e. The zero-order valence-corrected chi connectivity index (χ0v) is 9.78. The van der Waals surface area contributed by atoms with Crippen molar-refractivity contribution in [2.24, 2.45) is 0 Å².